The molecule has 0 radical (unpaired) electrons. The van der Waals surface area contributed by atoms with Gasteiger partial charge in [0.05, 0.1) is 16.1 Å². The molecule has 0 bridgehead atoms. The predicted molar refractivity (Wildman–Crippen MR) is 112 cm³/mol. The molecule has 29 heavy (non-hydrogen) atoms. The molecule has 4 rings (SSSR count). The van der Waals surface area contributed by atoms with Gasteiger partial charge in [-0.15, -0.1) is 0 Å². The average Bonchev–Trinajstić information content (AvgIpc) is 3.04. The van der Waals surface area contributed by atoms with Gasteiger partial charge in [-0.1, -0.05) is 23.7 Å². The van der Waals surface area contributed by atoms with Crippen LogP contribution in [0, 0.1) is 11.7 Å². The van der Waals surface area contributed by atoms with Gasteiger partial charge in [0.1, 0.15) is 5.82 Å². The second-order valence-electron chi connectivity index (χ2n) is 7.73. The van der Waals surface area contributed by atoms with E-state index in [2.05, 4.69) is 0 Å². The summed E-state index contributed by atoms with van der Waals surface area (Å²) in [5, 5.41) is 1.14. The summed E-state index contributed by atoms with van der Waals surface area (Å²) in [6, 6.07) is 10.1. The van der Waals surface area contributed by atoms with Gasteiger partial charge in [0.2, 0.25) is 0 Å². The minimum absolute atomic E-state index is 0.0992. The van der Waals surface area contributed by atoms with Gasteiger partial charge in [-0.05, 0) is 55.0 Å². The molecule has 6 heteroatoms. The van der Waals surface area contributed by atoms with Crippen molar-refractivity contribution in [2.75, 3.05) is 13.1 Å². The third-order valence-corrected chi connectivity index (χ3v) is 6.12. The Morgan fingerprint density at radius 2 is 1.90 bits per heavy atom. The minimum Gasteiger partial charge on any atom is -0.350 e. The largest absolute Gasteiger partial charge is 0.350 e. The van der Waals surface area contributed by atoms with Crippen molar-refractivity contribution in [2.45, 2.75) is 19.3 Å². The molecular weight excluding hydrogens is 391 g/mol. The van der Waals surface area contributed by atoms with E-state index >= 15 is 0 Å². The molecular formula is C23H22ClFN2O2. The first-order valence-electron chi connectivity index (χ1n) is 9.73. The summed E-state index contributed by atoms with van der Waals surface area (Å²) in [7, 11) is 1.85. The van der Waals surface area contributed by atoms with E-state index in [-0.39, 0.29) is 11.7 Å². The van der Waals surface area contributed by atoms with E-state index in [4.69, 9.17) is 11.6 Å². The SMILES string of the molecule is Cn1cc(C=O)c2cc(C(=O)N3CCC(Cc4ccc(F)cc4)CC3)c(Cl)cc21. The van der Waals surface area contributed by atoms with Crippen LogP contribution < -0.4 is 0 Å². The van der Waals surface area contributed by atoms with Crippen LogP contribution in [0.25, 0.3) is 10.9 Å². The van der Waals surface area contributed by atoms with Crippen LogP contribution in [-0.4, -0.2) is 34.7 Å². The Bertz CT molecular complexity index is 1070. The van der Waals surface area contributed by atoms with Gasteiger partial charge in [-0.2, -0.15) is 0 Å². The Labute approximate surface area is 173 Å². The maximum atomic E-state index is 13.1. The lowest BCUT2D eigenvalue weighted by Crippen LogP contribution is -2.39. The van der Waals surface area contributed by atoms with Crippen molar-refractivity contribution in [3.05, 3.63) is 70.1 Å². The highest BCUT2D eigenvalue weighted by molar-refractivity contribution is 6.34. The zero-order chi connectivity index (χ0) is 20.5. The summed E-state index contributed by atoms with van der Waals surface area (Å²) in [6.07, 6.45) is 5.22. The van der Waals surface area contributed by atoms with Crippen LogP contribution in [0.4, 0.5) is 4.39 Å². The van der Waals surface area contributed by atoms with Crippen molar-refractivity contribution in [3.63, 3.8) is 0 Å². The summed E-state index contributed by atoms with van der Waals surface area (Å²) in [6.45, 7) is 1.32. The fourth-order valence-corrected chi connectivity index (χ4v) is 4.39. The molecule has 2 aromatic carbocycles. The lowest BCUT2D eigenvalue weighted by molar-refractivity contribution is 0.0690. The normalized spacial score (nSPS) is 15.1. The minimum atomic E-state index is -0.223. The van der Waals surface area contributed by atoms with E-state index in [0.717, 1.165) is 42.0 Å². The number of rotatable bonds is 4. The highest BCUT2D eigenvalue weighted by Crippen LogP contribution is 2.29. The second kappa shape index (κ2) is 7.99. The van der Waals surface area contributed by atoms with E-state index in [1.54, 1.807) is 18.3 Å². The van der Waals surface area contributed by atoms with Crippen molar-refractivity contribution >= 4 is 34.7 Å². The van der Waals surface area contributed by atoms with Gasteiger partial charge in [0.15, 0.2) is 6.29 Å². The molecule has 1 aromatic heterocycles. The van der Waals surface area contributed by atoms with E-state index in [0.29, 0.717) is 35.2 Å². The van der Waals surface area contributed by atoms with Crippen molar-refractivity contribution in [3.8, 4) is 0 Å². The molecule has 0 atom stereocenters. The van der Waals surface area contributed by atoms with E-state index in [1.165, 1.54) is 12.1 Å². The van der Waals surface area contributed by atoms with E-state index < -0.39 is 0 Å². The van der Waals surface area contributed by atoms with Crippen LogP contribution in [0.2, 0.25) is 5.02 Å². The first kappa shape index (κ1) is 19.6. The number of carbonyl (C=O) groups excluding carboxylic acids is 2. The molecule has 1 saturated heterocycles. The number of aryl methyl sites for hydroxylation is 1. The number of piperidine rings is 1. The van der Waals surface area contributed by atoms with Crippen LogP contribution in [0.3, 0.4) is 0 Å². The maximum Gasteiger partial charge on any atom is 0.255 e. The van der Waals surface area contributed by atoms with Gasteiger partial charge >= 0.3 is 0 Å². The number of amides is 1. The third kappa shape index (κ3) is 3.92. The number of nitrogens with zero attached hydrogens (tertiary/aromatic N) is 2. The molecule has 1 aliphatic heterocycles. The second-order valence-corrected chi connectivity index (χ2v) is 8.14. The summed E-state index contributed by atoms with van der Waals surface area (Å²) >= 11 is 6.41. The Morgan fingerprint density at radius 1 is 1.21 bits per heavy atom. The fraction of sp³-hybridized carbons (Fsp3) is 0.304. The summed E-state index contributed by atoms with van der Waals surface area (Å²) in [5.41, 5.74) is 2.93. The molecule has 0 N–H and O–H groups in total. The van der Waals surface area contributed by atoms with Crippen LogP contribution in [0.1, 0.15) is 39.1 Å². The third-order valence-electron chi connectivity index (χ3n) is 5.81. The van der Waals surface area contributed by atoms with Gasteiger partial charge in [0.25, 0.3) is 5.91 Å². The van der Waals surface area contributed by atoms with Crippen molar-refractivity contribution in [1.29, 1.82) is 0 Å². The van der Waals surface area contributed by atoms with Gasteiger partial charge in [-0.3, -0.25) is 9.59 Å². The maximum absolute atomic E-state index is 13.1. The smallest absolute Gasteiger partial charge is 0.255 e. The van der Waals surface area contributed by atoms with Crippen molar-refractivity contribution < 1.29 is 14.0 Å². The highest BCUT2D eigenvalue weighted by atomic mass is 35.5. The van der Waals surface area contributed by atoms with E-state index in [9.17, 15) is 14.0 Å². The van der Waals surface area contributed by atoms with Crippen LogP contribution in [-0.2, 0) is 13.5 Å². The number of hydrogen-bond acceptors (Lipinski definition) is 2. The molecule has 1 aliphatic rings. The highest BCUT2D eigenvalue weighted by Gasteiger charge is 2.26. The summed E-state index contributed by atoms with van der Waals surface area (Å²) < 4.78 is 14.9. The van der Waals surface area contributed by atoms with Crippen molar-refractivity contribution in [2.24, 2.45) is 13.0 Å². The number of fused-ring (bicyclic) bond motifs is 1. The van der Waals surface area contributed by atoms with Crippen LogP contribution in [0.5, 0.6) is 0 Å². The molecule has 150 valence electrons. The van der Waals surface area contributed by atoms with Crippen LogP contribution >= 0.6 is 11.6 Å². The van der Waals surface area contributed by atoms with Gasteiger partial charge in [-0.25, -0.2) is 4.39 Å². The lowest BCUT2D eigenvalue weighted by Gasteiger charge is -2.32. The molecule has 1 amide bonds. The zero-order valence-electron chi connectivity index (χ0n) is 16.2. The number of carbonyl (C=O) groups is 2. The lowest BCUT2D eigenvalue weighted by atomic mass is 9.90. The number of aromatic nitrogens is 1. The van der Waals surface area contributed by atoms with E-state index in [1.807, 2.05) is 28.6 Å². The Balaban J connectivity index is 1.47. The number of benzene rings is 2. The molecule has 4 nitrogen and oxygen atoms in total. The Hall–Kier alpha value is -2.66. The Morgan fingerprint density at radius 3 is 2.55 bits per heavy atom. The van der Waals surface area contributed by atoms with Gasteiger partial charge in [0, 0.05) is 37.3 Å². The zero-order valence-corrected chi connectivity index (χ0v) is 17.0. The number of halogens is 2. The van der Waals surface area contributed by atoms with Crippen molar-refractivity contribution in [1.82, 2.24) is 9.47 Å². The standard InChI is InChI=1S/C23H22ClFN2O2/c1-26-13-17(14-28)19-11-20(21(24)12-22(19)26)23(29)27-8-6-16(7-9-27)10-15-2-4-18(25)5-3-15/h2-5,11-14,16H,6-10H2,1H3. The first-order chi connectivity index (χ1) is 14.0. The quantitative estimate of drug-likeness (QED) is 0.573. The average molecular weight is 413 g/mol. The number of aldehydes is 1. The number of hydrogen-bond donors (Lipinski definition) is 0. The number of likely N-dealkylation sites (tertiary alicyclic amines) is 1. The molecule has 2 heterocycles. The topological polar surface area (TPSA) is 42.3 Å². The fourth-order valence-electron chi connectivity index (χ4n) is 4.16. The Kier molecular flexibility index (Phi) is 5.41. The van der Waals surface area contributed by atoms with Crippen LogP contribution in [0.15, 0.2) is 42.6 Å². The molecule has 0 unspecified atom stereocenters. The molecule has 3 aromatic rings. The molecule has 1 fully saturated rings. The molecule has 0 aliphatic carbocycles. The predicted octanol–water partition coefficient (Wildman–Crippen LogP) is 4.88. The molecule has 0 saturated carbocycles. The monoisotopic (exact) mass is 412 g/mol. The summed E-state index contributed by atoms with van der Waals surface area (Å²) in [4.78, 5) is 26.3. The van der Waals surface area contributed by atoms with Gasteiger partial charge < -0.3 is 9.47 Å². The first-order valence-corrected chi connectivity index (χ1v) is 10.1. The summed E-state index contributed by atoms with van der Waals surface area (Å²) in [5.74, 6) is 0.148. The molecule has 0 spiro atoms.